The van der Waals surface area contributed by atoms with Crippen molar-refractivity contribution in [3.05, 3.63) is 35.4 Å². The molecule has 0 aliphatic rings. The molecule has 0 heterocycles. The Morgan fingerprint density at radius 2 is 1.44 bits per heavy atom. The molecule has 0 amide bonds. The number of halogens is 1. The molecule has 0 bridgehead atoms. The average Bonchev–Trinajstić information content (AvgIpc) is 2.38. The quantitative estimate of drug-likeness (QED) is 0.357. The van der Waals surface area contributed by atoms with Crippen LogP contribution in [-0.2, 0) is 0 Å². The first kappa shape index (κ1) is 15.8. The molecule has 0 saturated carbocycles. The Morgan fingerprint density at radius 1 is 0.889 bits per heavy atom. The molecule has 0 radical (unpaired) electrons. The van der Waals surface area contributed by atoms with E-state index in [1.54, 1.807) is 0 Å². The van der Waals surface area contributed by atoms with E-state index in [0.29, 0.717) is 4.83 Å². The third-order valence-corrected chi connectivity index (χ3v) is 4.49. The average molecular weight is 311 g/mol. The topological polar surface area (TPSA) is 0 Å². The molecule has 0 nitrogen and oxygen atoms in total. The van der Waals surface area contributed by atoms with Gasteiger partial charge in [-0.25, -0.2) is 0 Å². The van der Waals surface area contributed by atoms with Gasteiger partial charge in [0, 0.05) is 4.83 Å². The lowest BCUT2D eigenvalue weighted by atomic mass is 10.0. The summed E-state index contributed by atoms with van der Waals surface area (Å²) in [5.41, 5.74) is 2.76. The van der Waals surface area contributed by atoms with Crippen LogP contribution in [0.3, 0.4) is 0 Å². The van der Waals surface area contributed by atoms with Gasteiger partial charge < -0.3 is 0 Å². The Bertz CT molecular complexity index is 302. The molecular formula is C17H27Br. The summed E-state index contributed by atoms with van der Waals surface area (Å²) in [6, 6.07) is 8.90. The zero-order valence-electron chi connectivity index (χ0n) is 11.9. The Hall–Kier alpha value is -0.300. The summed E-state index contributed by atoms with van der Waals surface area (Å²) in [6.07, 6.45) is 11.0. The maximum absolute atomic E-state index is 3.80. The highest BCUT2D eigenvalue weighted by molar-refractivity contribution is 9.09. The number of hydrogen-bond acceptors (Lipinski definition) is 0. The molecule has 18 heavy (non-hydrogen) atoms. The van der Waals surface area contributed by atoms with Gasteiger partial charge in [0.25, 0.3) is 0 Å². The third kappa shape index (κ3) is 6.58. The highest BCUT2D eigenvalue weighted by Gasteiger charge is 2.06. The fourth-order valence-electron chi connectivity index (χ4n) is 2.22. The Kier molecular flexibility index (Phi) is 8.41. The summed E-state index contributed by atoms with van der Waals surface area (Å²) in [4.78, 5) is 0.536. The van der Waals surface area contributed by atoms with E-state index in [4.69, 9.17) is 0 Å². The summed E-state index contributed by atoms with van der Waals surface area (Å²) < 4.78 is 0. The molecular weight excluding hydrogens is 284 g/mol. The van der Waals surface area contributed by atoms with Crippen molar-refractivity contribution in [1.29, 1.82) is 0 Å². The first-order valence-corrected chi connectivity index (χ1v) is 8.36. The molecule has 0 aromatic heterocycles. The number of aryl methyl sites for hydroxylation is 1. The molecule has 0 N–H and O–H groups in total. The molecule has 1 rings (SSSR count). The van der Waals surface area contributed by atoms with Gasteiger partial charge in [0.05, 0.1) is 0 Å². The maximum atomic E-state index is 3.80. The minimum absolute atomic E-state index is 0.536. The van der Waals surface area contributed by atoms with Crippen LogP contribution >= 0.6 is 15.9 Å². The van der Waals surface area contributed by atoms with E-state index in [9.17, 15) is 0 Å². The van der Waals surface area contributed by atoms with E-state index in [2.05, 4.69) is 54.0 Å². The van der Waals surface area contributed by atoms with Gasteiger partial charge in [-0.15, -0.1) is 0 Å². The molecule has 1 unspecified atom stereocenters. The molecule has 0 fully saturated rings. The van der Waals surface area contributed by atoms with Crippen molar-refractivity contribution < 1.29 is 0 Å². The van der Waals surface area contributed by atoms with E-state index in [1.165, 1.54) is 62.5 Å². The van der Waals surface area contributed by atoms with Crippen LogP contribution in [0, 0.1) is 6.92 Å². The summed E-state index contributed by atoms with van der Waals surface area (Å²) in [6.45, 7) is 4.42. The number of unbranched alkanes of at least 4 members (excludes halogenated alkanes) is 6. The SMILES string of the molecule is CCCCCCCCCC(Br)c1ccc(C)cc1. The van der Waals surface area contributed by atoms with Crippen LogP contribution in [0.1, 0.15) is 74.2 Å². The van der Waals surface area contributed by atoms with E-state index in [1.807, 2.05) is 0 Å². The summed E-state index contributed by atoms with van der Waals surface area (Å²) >= 11 is 3.80. The monoisotopic (exact) mass is 310 g/mol. The Balaban J connectivity index is 2.10. The zero-order valence-corrected chi connectivity index (χ0v) is 13.5. The summed E-state index contributed by atoms with van der Waals surface area (Å²) in [5.74, 6) is 0. The molecule has 1 heteroatoms. The van der Waals surface area contributed by atoms with Crippen LogP contribution in [-0.4, -0.2) is 0 Å². The minimum Gasteiger partial charge on any atom is -0.0839 e. The second-order valence-electron chi connectivity index (χ2n) is 5.29. The van der Waals surface area contributed by atoms with Crippen molar-refractivity contribution in [1.82, 2.24) is 0 Å². The van der Waals surface area contributed by atoms with Crippen LogP contribution in [0.4, 0.5) is 0 Å². The maximum Gasteiger partial charge on any atom is 0.0395 e. The highest BCUT2D eigenvalue weighted by atomic mass is 79.9. The molecule has 0 saturated heterocycles. The summed E-state index contributed by atoms with van der Waals surface area (Å²) in [7, 11) is 0. The lowest BCUT2D eigenvalue weighted by Crippen LogP contribution is -1.90. The lowest BCUT2D eigenvalue weighted by molar-refractivity contribution is 0.574. The van der Waals surface area contributed by atoms with E-state index in [-0.39, 0.29) is 0 Å². The van der Waals surface area contributed by atoms with Crippen LogP contribution in [0.15, 0.2) is 24.3 Å². The third-order valence-electron chi connectivity index (χ3n) is 3.50. The van der Waals surface area contributed by atoms with Crippen molar-refractivity contribution in [2.45, 2.75) is 70.0 Å². The van der Waals surface area contributed by atoms with Gasteiger partial charge in [0.1, 0.15) is 0 Å². The molecule has 0 aliphatic carbocycles. The largest absolute Gasteiger partial charge is 0.0839 e. The molecule has 0 spiro atoms. The van der Waals surface area contributed by atoms with Gasteiger partial charge >= 0.3 is 0 Å². The smallest absolute Gasteiger partial charge is 0.0395 e. The van der Waals surface area contributed by atoms with Gasteiger partial charge in [-0.1, -0.05) is 97.6 Å². The van der Waals surface area contributed by atoms with Crippen molar-refractivity contribution in [2.24, 2.45) is 0 Å². The molecule has 102 valence electrons. The standard InChI is InChI=1S/C17H27Br/c1-3-4-5-6-7-8-9-10-17(18)16-13-11-15(2)12-14-16/h11-14,17H,3-10H2,1-2H3. The minimum atomic E-state index is 0.536. The second-order valence-corrected chi connectivity index (χ2v) is 6.39. The Morgan fingerprint density at radius 3 is 2.06 bits per heavy atom. The first-order valence-electron chi connectivity index (χ1n) is 7.44. The molecule has 1 aromatic carbocycles. The number of benzene rings is 1. The lowest BCUT2D eigenvalue weighted by Gasteiger charge is -2.10. The normalized spacial score (nSPS) is 12.6. The number of hydrogen-bond donors (Lipinski definition) is 0. The fourth-order valence-corrected chi connectivity index (χ4v) is 2.85. The van der Waals surface area contributed by atoms with E-state index < -0.39 is 0 Å². The predicted octanol–water partition coefficient (Wildman–Crippen LogP) is 6.57. The van der Waals surface area contributed by atoms with Crippen molar-refractivity contribution in [3.63, 3.8) is 0 Å². The highest BCUT2D eigenvalue weighted by Crippen LogP contribution is 2.28. The summed E-state index contributed by atoms with van der Waals surface area (Å²) in [5, 5.41) is 0. The van der Waals surface area contributed by atoms with E-state index >= 15 is 0 Å². The predicted molar refractivity (Wildman–Crippen MR) is 85.5 cm³/mol. The van der Waals surface area contributed by atoms with Crippen molar-refractivity contribution in [3.8, 4) is 0 Å². The van der Waals surface area contributed by atoms with Crippen molar-refractivity contribution in [2.75, 3.05) is 0 Å². The number of rotatable bonds is 9. The molecule has 0 aliphatic heterocycles. The Labute approximate surface area is 121 Å². The fraction of sp³-hybridized carbons (Fsp3) is 0.647. The molecule has 1 aromatic rings. The van der Waals surface area contributed by atoms with Gasteiger partial charge in [0.15, 0.2) is 0 Å². The van der Waals surface area contributed by atoms with Crippen LogP contribution < -0.4 is 0 Å². The van der Waals surface area contributed by atoms with Crippen molar-refractivity contribution >= 4 is 15.9 Å². The van der Waals surface area contributed by atoms with Gasteiger partial charge in [-0.3, -0.25) is 0 Å². The molecule has 1 atom stereocenters. The van der Waals surface area contributed by atoms with Crippen LogP contribution in [0.5, 0.6) is 0 Å². The van der Waals surface area contributed by atoms with Gasteiger partial charge in [-0.05, 0) is 18.9 Å². The van der Waals surface area contributed by atoms with Crippen LogP contribution in [0.25, 0.3) is 0 Å². The van der Waals surface area contributed by atoms with Gasteiger partial charge in [-0.2, -0.15) is 0 Å². The van der Waals surface area contributed by atoms with E-state index in [0.717, 1.165) is 0 Å². The zero-order chi connectivity index (χ0) is 13.2. The van der Waals surface area contributed by atoms with Crippen LogP contribution in [0.2, 0.25) is 0 Å². The van der Waals surface area contributed by atoms with Gasteiger partial charge in [0.2, 0.25) is 0 Å². The second kappa shape index (κ2) is 9.61. The first-order chi connectivity index (χ1) is 8.74. The number of alkyl halides is 1.